The maximum absolute atomic E-state index is 10.3. The van der Waals surface area contributed by atoms with Crippen LogP contribution in [0.3, 0.4) is 0 Å². The molecule has 2 heteroatoms. The van der Waals surface area contributed by atoms with Crippen LogP contribution in [0.4, 0.5) is 0 Å². The van der Waals surface area contributed by atoms with E-state index >= 15 is 0 Å². The van der Waals surface area contributed by atoms with Gasteiger partial charge in [0.05, 0.1) is 0 Å². The number of hydrogen-bond acceptors (Lipinski definition) is 2. The predicted molar refractivity (Wildman–Crippen MR) is 87.1 cm³/mol. The molecular weight excluding hydrogens is 260 g/mol. The Morgan fingerprint density at radius 3 is 2.10 bits per heavy atom. The molecule has 0 aromatic heterocycles. The van der Waals surface area contributed by atoms with Crippen LogP contribution in [0.2, 0.25) is 0 Å². The van der Waals surface area contributed by atoms with Crippen LogP contribution < -0.4 is 4.74 Å². The van der Waals surface area contributed by atoms with E-state index in [9.17, 15) is 5.11 Å². The van der Waals surface area contributed by atoms with Crippen molar-refractivity contribution in [2.24, 2.45) is 0 Å². The maximum atomic E-state index is 10.3. The smallest absolute Gasteiger partial charge is 0.126 e. The van der Waals surface area contributed by atoms with E-state index in [0.29, 0.717) is 12.4 Å². The average Bonchev–Trinajstić information content (AvgIpc) is 2.51. The molecule has 0 aliphatic carbocycles. The van der Waals surface area contributed by atoms with Crippen LogP contribution in [-0.2, 0) is 19.4 Å². The van der Waals surface area contributed by atoms with Gasteiger partial charge >= 0.3 is 0 Å². The minimum atomic E-state index is 0.430. The summed E-state index contributed by atoms with van der Waals surface area (Å²) < 4.78 is 6.11. The van der Waals surface area contributed by atoms with E-state index in [4.69, 9.17) is 4.74 Å². The molecule has 0 amide bonds. The second-order valence-electron chi connectivity index (χ2n) is 5.37. The van der Waals surface area contributed by atoms with E-state index in [1.54, 1.807) is 0 Å². The minimum Gasteiger partial charge on any atom is -0.507 e. The molecular formula is C19H24O2. The van der Waals surface area contributed by atoms with Gasteiger partial charge in [0.15, 0.2) is 0 Å². The van der Waals surface area contributed by atoms with Gasteiger partial charge in [-0.2, -0.15) is 0 Å². The van der Waals surface area contributed by atoms with Crippen molar-refractivity contribution in [1.82, 2.24) is 0 Å². The van der Waals surface area contributed by atoms with E-state index in [0.717, 1.165) is 46.4 Å². The molecule has 2 aromatic carbocycles. The Morgan fingerprint density at radius 2 is 1.52 bits per heavy atom. The summed E-state index contributed by atoms with van der Waals surface area (Å²) >= 11 is 0. The third kappa shape index (κ3) is 3.05. The highest BCUT2D eigenvalue weighted by Gasteiger charge is 2.18. The molecule has 0 unspecified atom stereocenters. The molecule has 2 nitrogen and oxygen atoms in total. The standard InChI is InChI=1S/C19H24O2/c1-5-16-14(4)19(17(6-2)13(3)18(16)20)21-12-15-10-8-7-9-11-15/h7-11,20H,5-6,12H2,1-4H3. The first kappa shape index (κ1) is 15.4. The molecule has 1 N–H and O–H groups in total. The molecule has 0 radical (unpaired) electrons. The highest BCUT2D eigenvalue weighted by atomic mass is 16.5. The van der Waals surface area contributed by atoms with Gasteiger partial charge in [0.2, 0.25) is 0 Å². The van der Waals surface area contributed by atoms with Gasteiger partial charge in [0, 0.05) is 11.1 Å². The molecule has 0 heterocycles. The van der Waals surface area contributed by atoms with Gasteiger partial charge in [0.1, 0.15) is 18.1 Å². The number of hydrogen-bond donors (Lipinski definition) is 1. The number of rotatable bonds is 5. The summed E-state index contributed by atoms with van der Waals surface area (Å²) in [5.41, 5.74) is 5.27. The van der Waals surface area contributed by atoms with Crippen molar-refractivity contribution in [1.29, 1.82) is 0 Å². The number of ether oxygens (including phenoxy) is 1. The van der Waals surface area contributed by atoms with Gasteiger partial charge in [-0.15, -0.1) is 0 Å². The Morgan fingerprint density at radius 1 is 0.905 bits per heavy atom. The Bertz CT molecular complexity index is 615. The zero-order valence-corrected chi connectivity index (χ0v) is 13.4. The number of aromatic hydroxyl groups is 1. The third-order valence-corrected chi connectivity index (χ3v) is 4.09. The Labute approximate surface area is 127 Å². The maximum Gasteiger partial charge on any atom is 0.126 e. The lowest BCUT2D eigenvalue weighted by atomic mass is 9.94. The van der Waals surface area contributed by atoms with Crippen LogP contribution in [-0.4, -0.2) is 5.11 Å². The fraction of sp³-hybridized carbons (Fsp3) is 0.368. The normalized spacial score (nSPS) is 10.7. The first-order chi connectivity index (χ1) is 10.1. The van der Waals surface area contributed by atoms with Crippen molar-refractivity contribution >= 4 is 0 Å². The van der Waals surface area contributed by atoms with Crippen LogP contribution in [0.15, 0.2) is 30.3 Å². The van der Waals surface area contributed by atoms with Crippen LogP contribution in [0.25, 0.3) is 0 Å². The molecule has 2 rings (SSSR count). The van der Waals surface area contributed by atoms with Gasteiger partial charge in [-0.3, -0.25) is 0 Å². The van der Waals surface area contributed by atoms with Crippen LogP contribution in [0, 0.1) is 13.8 Å². The summed E-state index contributed by atoms with van der Waals surface area (Å²) in [5, 5.41) is 10.3. The molecule has 0 bridgehead atoms. The summed E-state index contributed by atoms with van der Waals surface area (Å²) in [4.78, 5) is 0. The van der Waals surface area contributed by atoms with Crippen molar-refractivity contribution < 1.29 is 9.84 Å². The van der Waals surface area contributed by atoms with Crippen LogP contribution in [0.1, 0.15) is 41.7 Å². The Kier molecular flexibility index (Phi) is 4.89. The summed E-state index contributed by atoms with van der Waals surface area (Å²) in [6.45, 7) is 8.73. The molecule has 0 atom stereocenters. The van der Waals surface area contributed by atoms with Crippen molar-refractivity contribution in [3.05, 3.63) is 58.1 Å². The van der Waals surface area contributed by atoms with Crippen LogP contribution >= 0.6 is 0 Å². The quantitative estimate of drug-likeness (QED) is 0.861. The van der Waals surface area contributed by atoms with Gasteiger partial charge in [0.25, 0.3) is 0 Å². The van der Waals surface area contributed by atoms with E-state index in [1.165, 1.54) is 0 Å². The predicted octanol–water partition coefficient (Wildman–Crippen LogP) is 4.71. The zero-order chi connectivity index (χ0) is 15.4. The lowest BCUT2D eigenvalue weighted by Gasteiger charge is -2.20. The van der Waals surface area contributed by atoms with Crippen LogP contribution in [0.5, 0.6) is 11.5 Å². The summed E-state index contributed by atoms with van der Waals surface area (Å²) in [7, 11) is 0. The lowest BCUT2D eigenvalue weighted by Crippen LogP contribution is -2.05. The minimum absolute atomic E-state index is 0.430. The highest BCUT2D eigenvalue weighted by molar-refractivity contribution is 5.58. The SMILES string of the molecule is CCc1c(C)c(OCc2ccccc2)c(CC)c(C)c1O. The summed E-state index contributed by atoms with van der Waals surface area (Å²) in [6, 6.07) is 10.2. The van der Waals surface area contributed by atoms with Gasteiger partial charge < -0.3 is 9.84 Å². The summed E-state index contributed by atoms with van der Waals surface area (Å²) in [6.07, 6.45) is 1.67. The van der Waals surface area contributed by atoms with E-state index in [1.807, 2.05) is 32.0 Å². The second kappa shape index (κ2) is 6.66. The largest absolute Gasteiger partial charge is 0.507 e. The number of benzene rings is 2. The topological polar surface area (TPSA) is 29.5 Å². The molecule has 2 aromatic rings. The second-order valence-corrected chi connectivity index (χ2v) is 5.37. The van der Waals surface area contributed by atoms with Crippen molar-refractivity contribution in [3.63, 3.8) is 0 Å². The third-order valence-electron chi connectivity index (χ3n) is 4.09. The fourth-order valence-corrected chi connectivity index (χ4v) is 2.86. The molecule has 0 aliphatic heterocycles. The van der Waals surface area contributed by atoms with Gasteiger partial charge in [-0.05, 0) is 43.4 Å². The lowest BCUT2D eigenvalue weighted by molar-refractivity contribution is 0.299. The highest BCUT2D eigenvalue weighted by Crippen LogP contribution is 2.38. The van der Waals surface area contributed by atoms with Gasteiger partial charge in [-0.25, -0.2) is 0 Å². The van der Waals surface area contributed by atoms with Crippen molar-refractivity contribution in [3.8, 4) is 11.5 Å². The van der Waals surface area contributed by atoms with E-state index in [-0.39, 0.29) is 0 Å². The molecule has 0 saturated carbocycles. The molecule has 0 aliphatic rings. The molecule has 0 spiro atoms. The molecule has 112 valence electrons. The average molecular weight is 284 g/mol. The zero-order valence-electron chi connectivity index (χ0n) is 13.4. The molecule has 0 saturated heterocycles. The molecule has 21 heavy (non-hydrogen) atoms. The van der Waals surface area contributed by atoms with Crippen molar-refractivity contribution in [2.45, 2.75) is 47.1 Å². The molecule has 0 fully saturated rings. The van der Waals surface area contributed by atoms with E-state index < -0.39 is 0 Å². The van der Waals surface area contributed by atoms with Gasteiger partial charge in [-0.1, -0.05) is 44.2 Å². The Hall–Kier alpha value is -1.96. The van der Waals surface area contributed by atoms with E-state index in [2.05, 4.69) is 26.0 Å². The Balaban J connectivity index is 2.40. The van der Waals surface area contributed by atoms with Crippen molar-refractivity contribution in [2.75, 3.05) is 0 Å². The summed E-state index contributed by atoms with van der Waals surface area (Å²) in [5.74, 6) is 1.37. The first-order valence-electron chi connectivity index (χ1n) is 7.60. The first-order valence-corrected chi connectivity index (χ1v) is 7.60. The number of phenols is 1. The number of phenolic OH excluding ortho intramolecular Hbond substituents is 1. The monoisotopic (exact) mass is 284 g/mol. The fourth-order valence-electron chi connectivity index (χ4n) is 2.86.